The average molecular weight is 320 g/mol. The van der Waals surface area contributed by atoms with Crippen molar-refractivity contribution in [3.8, 4) is 0 Å². The number of likely N-dealkylation sites (N-methyl/N-ethyl adjacent to an activating group) is 1. The normalized spacial score (nSPS) is 13.6. The van der Waals surface area contributed by atoms with Crippen molar-refractivity contribution in [1.29, 1.82) is 0 Å². The van der Waals surface area contributed by atoms with E-state index in [9.17, 15) is 8.42 Å². The molecule has 1 aromatic rings. The number of nitrogens with one attached hydrogen (secondary N) is 2. The first-order valence-electron chi connectivity index (χ1n) is 6.77. The van der Waals surface area contributed by atoms with E-state index in [2.05, 4.69) is 17.0 Å². The van der Waals surface area contributed by atoms with E-state index in [1.165, 1.54) is 11.3 Å². The number of hydrogen-bond acceptors (Lipinski definition) is 5. The molecular weight excluding hydrogens is 296 g/mol. The fraction of sp³-hybridized carbons (Fsp3) is 0.692. The molecule has 1 heterocycles. The zero-order chi connectivity index (χ0) is 15.0. The van der Waals surface area contributed by atoms with Crippen molar-refractivity contribution in [1.82, 2.24) is 10.0 Å². The molecule has 0 aromatic carbocycles. The molecule has 0 aliphatic carbocycles. The lowest BCUT2D eigenvalue weighted by Gasteiger charge is -2.10. The third-order valence-corrected chi connectivity index (χ3v) is 5.83. The highest BCUT2D eigenvalue weighted by atomic mass is 32.2. The second kappa shape index (κ2) is 8.74. The van der Waals surface area contributed by atoms with E-state index in [0.717, 1.165) is 24.4 Å². The van der Waals surface area contributed by atoms with Gasteiger partial charge in [-0.25, -0.2) is 13.1 Å². The Labute approximate surface area is 125 Å². The highest BCUT2D eigenvalue weighted by Gasteiger charge is 2.17. The van der Waals surface area contributed by atoms with Gasteiger partial charge in [-0.1, -0.05) is 13.8 Å². The smallest absolute Gasteiger partial charge is 0.250 e. The van der Waals surface area contributed by atoms with Crippen molar-refractivity contribution in [2.45, 2.75) is 24.5 Å². The van der Waals surface area contributed by atoms with E-state index in [4.69, 9.17) is 4.74 Å². The van der Waals surface area contributed by atoms with Crippen molar-refractivity contribution >= 4 is 21.4 Å². The summed E-state index contributed by atoms with van der Waals surface area (Å²) in [6.45, 7) is 6.73. The Kier molecular flexibility index (Phi) is 7.68. The molecule has 0 bridgehead atoms. The van der Waals surface area contributed by atoms with Gasteiger partial charge < -0.3 is 10.1 Å². The third kappa shape index (κ3) is 5.88. The van der Waals surface area contributed by atoms with E-state index in [1.54, 1.807) is 13.2 Å². The second-order valence-corrected chi connectivity index (χ2v) is 7.90. The fourth-order valence-electron chi connectivity index (χ4n) is 1.69. The number of thiophene rings is 1. The van der Waals surface area contributed by atoms with Crippen molar-refractivity contribution in [2.24, 2.45) is 5.92 Å². The summed E-state index contributed by atoms with van der Waals surface area (Å²) in [7, 11) is -1.78. The first kappa shape index (κ1) is 17.6. The largest absolute Gasteiger partial charge is 0.384 e. The summed E-state index contributed by atoms with van der Waals surface area (Å²) in [6, 6.07) is 3.56. The minimum atomic E-state index is -3.39. The first-order valence-corrected chi connectivity index (χ1v) is 9.07. The molecule has 7 heteroatoms. The summed E-state index contributed by atoms with van der Waals surface area (Å²) in [4.78, 5) is 1.08. The van der Waals surface area contributed by atoms with Gasteiger partial charge in [0.2, 0.25) is 10.0 Å². The molecule has 0 aliphatic rings. The standard InChI is InChI=1S/C13H24N2O3S2/c1-4-14-8-7-12-5-6-13(19-12)20(16,17)15-9-11(2)10-18-3/h5-6,11,14-15H,4,7-10H2,1-3H3. The Hall–Kier alpha value is -0.470. The van der Waals surface area contributed by atoms with E-state index in [0.29, 0.717) is 17.4 Å². The molecule has 2 N–H and O–H groups in total. The van der Waals surface area contributed by atoms with Gasteiger partial charge in [-0.05, 0) is 37.6 Å². The molecule has 0 saturated heterocycles. The molecule has 0 aliphatic heterocycles. The maximum Gasteiger partial charge on any atom is 0.250 e. The molecule has 5 nitrogen and oxygen atoms in total. The Morgan fingerprint density at radius 3 is 2.80 bits per heavy atom. The first-order chi connectivity index (χ1) is 9.49. The molecule has 1 rings (SSSR count). The molecule has 0 saturated carbocycles. The van der Waals surface area contributed by atoms with Crippen LogP contribution in [0.4, 0.5) is 0 Å². The summed E-state index contributed by atoms with van der Waals surface area (Å²) in [5, 5.41) is 3.23. The van der Waals surface area contributed by atoms with Crippen molar-refractivity contribution in [3.05, 3.63) is 17.0 Å². The van der Waals surface area contributed by atoms with E-state index in [1.807, 2.05) is 13.0 Å². The number of hydrogen-bond donors (Lipinski definition) is 2. The van der Waals surface area contributed by atoms with E-state index in [-0.39, 0.29) is 5.92 Å². The Balaban J connectivity index is 2.54. The van der Waals surface area contributed by atoms with Crippen LogP contribution < -0.4 is 10.0 Å². The summed E-state index contributed by atoms with van der Waals surface area (Å²) >= 11 is 1.33. The zero-order valence-corrected chi connectivity index (χ0v) is 13.9. The van der Waals surface area contributed by atoms with Gasteiger partial charge in [0.25, 0.3) is 0 Å². The van der Waals surface area contributed by atoms with Gasteiger partial charge in [-0.15, -0.1) is 11.3 Å². The van der Waals surface area contributed by atoms with Crippen LogP contribution in [0.3, 0.4) is 0 Å². The molecule has 0 radical (unpaired) electrons. The van der Waals surface area contributed by atoms with E-state index < -0.39 is 10.0 Å². The Bertz CT molecular complexity index is 486. The molecule has 0 amide bonds. The predicted octanol–water partition coefficient (Wildman–Crippen LogP) is 1.46. The SMILES string of the molecule is CCNCCc1ccc(S(=O)(=O)NCC(C)COC)s1. The molecule has 0 spiro atoms. The van der Waals surface area contributed by atoms with E-state index >= 15 is 0 Å². The minimum Gasteiger partial charge on any atom is -0.384 e. The molecule has 0 fully saturated rings. The van der Waals surface area contributed by atoms with Crippen LogP contribution in [-0.2, 0) is 21.2 Å². The van der Waals surface area contributed by atoms with Gasteiger partial charge in [0.05, 0.1) is 0 Å². The van der Waals surface area contributed by atoms with Crippen molar-refractivity contribution in [2.75, 3.05) is 33.4 Å². The van der Waals surface area contributed by atoms with Crippen LogP contribution in [-0.4, -0.2) is 41.8 Å². The van der Waals surface area contributed by atoms with Gasteiger partial charge in [-0.2, -0.15) is 0 Å². The maximum absolute atomic E-state index is 12.1. The molecule has 1 aromatic heterocycles. The maximum atomic E-state index is 12.1. The molecule has 20 heavy (non-hydrogen) atoms. The zero-order valence-electron chi connectivity index (χ0n) is 12.3. The Morgan fingerprint density at radius 1 is 1.40 bits per heavy atom. The van der Waals surface area contributed by atoms with Gasteiger partial charge in [0.1, 0.15) is 4.21 Å². The molecular formula is C13H24N2O3S2. The van der Waals surface area contributed by atoms with Crippen LogP contribution >= 0.6 is 11.3 Å². The van der Waals surface area contributed by atoms with Gasteiger partial charge in [0, 0.05) is 25.1 Å². The lowest BCUT2D eigenvalue weighted by Crippen LogP contribution is -2.29. The predicted molar refractivity (Wildman–Crippen MR) is 82.8 cm³/mol. The third-order valence-electron chi connectivity index (χ3n) is 2.77. The monoisotopic (exact) mass is 320 g/mol. The quantitative estimate of drug-likeness (QED) is 0.641. The lowest BCUT2D eigenvalue weighted by atomic mass is 10.2. The van der Waals surface area contributed by atoms with Crippen LogP contribution in [0.15, 0.2) is 16.3 Å². The lowest BCUT2D eigenvalue weighted by molar-refractivity contribution is 0.161. The molecule has 1 atom stereocenters. The fourth-order valence-corrected chi connectivity index (χ4v) is 4.26. The van der Waals surface area contributed by atoms with Crippen LogP contribution in [0.5, 0.6) is 0 Å². The van der Waals surface area contributed by atoms with Crippen LogP contribution in [0.1, 0.15) is 18.7 Å². The summed E-state index contributed by atoms with van der Waals surface area (Å²) in [6.07, 6.45) is 0.855. The highest BCUT2D eigenvalue weighted by molar-refractivity contribution is 7.91. The minimum absolute atomic E-state index is 0.156. The number of rotatable bonds is 10. The number of ether oxygens (including phenoxy) is 1. The molecule has 1 unspecified atom stereocenters. The summed E-state index contributed by atoms with van der Waals surface area (Å²) in [5.74, 6) is 0.156. The van der Waals surface area contributed by atoms with Crippen LogP contribution in [0.25, 0.3) is 0 Å². The van der Waals surface area contributed by atoms with Crippen molar-refractivity contribution < 1.29 is 13.2 Å². The summed E-state index contributed by atoms with van der Waals surface area (Å²) in [5.41, 5.74) is 0. The second-order valence-electron chi connectivity index (χ2n) is 4.74. The van der Waals surface area contributed by atoms with Gasteiger partial charge in [-0.3, -0.25) is 0 Å². The van der Waals surface area contributed by atoms with Crippen LogP contribution in [0.2, 0.25) is 0 Å². The van der Waals surface area contributed by atoms with Gasteiger partial charge >= 0.3 is 0 Å². The summed E-state index contributed by atoms with van der Waals surface area (Å²) < 4.78 is 32.3. The Morgan fingerprint density at radius 2 is 2.15 bits per heavy atom. The average Bonchev–Trinajstić information content (AvgIpc) is 2.87. The van der Waals surface area contributed by atoms with Crippen molar-refractivity contribution in [3.63, 3.8) is 0 Å². The topological polar surface area (TPSA) is 67.4 Å². The number of sulfonamides is 1. The number of methoxy groups -OCH3 is 1. The van der Waals surface area contributed by atoms with Crippen LogP contribution in [0, 0.1) is 5.92 Å². The van der Waals surface area contributed by atoms with Gasteiger partial charge in [0.15, 0.2) is 0 Å². The molecule has 116 valence electrons. The highest BCUT2D eigenvalue weighted by Crippen LogP contribution is 2.21.